The van der Waals surface area contributed by atoms with Crippen molar-refractivity contribution < 1.29 is 4.79 Å². The van der Waals surface area contributed by atoms with Crippen LogP contribution in [0.3, 0.4) is 0 Å². The minimum absolute atomic E-state index is 0.0891. The van der Waals surface area contributed by atoms with Crippen molar-refractivity contribution in [2.75, 3.05) is 18.9 Å². The highest BCUT2D eigenvalue weighted by Gasteiger charge is 2.16. The minimum Gasteiger partial charge on any atom is -0.359 e. The number of amides is 1. The van der Waals surface area contributed by atoms with Crippen LogP contribution in [0.2, 0.25) is 0 Å². The molecule has 126 valence electrons. The van der Waals surface area contributed by atoms with Crippen LogP contribution in [-0.4, -0.2) is 45.4 Å². The number of likely N-dealkylation sites (N-methyl/N-ethyl adjacent to an activating group) is 1. The molecule has 0 radical (unpaired) electrons. The third-order valence-corrected chi connectivity index (χ3v) is 5.05. The van der Waals surface area contributed by atoms with Crippen LogP contribution in [0.25, 0.3) is 10.2 Å². The molecule has 6 nitrogen and oxygen atoms in total. The van der Waals surface area contributed by atoms with Gasteiger partial charge in [-0.15, -0.1) is 0 Å². The zero-order valence-electron chi connectivity index (χ0n) is 13.8. The van der Waals surface area contributed by atoms with Gasteiger partial charge >= 0.3 is 0 Å². The summed E-state index contributed by atoms with van der Waals surface area (Å²) in [6.45, 7) is 2.71. The van der Waals surface area contributed by atoms with Gasteiger partial charge in [-0.05, 0) is 25.5 Å². The fourth-order valence-corrected chi connectivity index (χ4v) is 3.28. The lowest BCUT2D eigenvalue weighted by atomic mass is 10.2. The Labute approximate surface area is 144 Å². The third kappa shape index (κ3) is 3.91. The number of carbonyl (C=O) groups is 1. The highest BCUT2D eigenvalue weighted by molar-refractivity contribution is 7.22. The van der Waals surface area contributed by atoms with E-state index < -0.39 is 0 Å². The number of anilines is 1. The molecule has 7 heteroatoms. The summed E-state index contributed by atoms with van der Waals surface area (Å²) in [5, 5.41) is 4.23. The fraction of sp³-hybridized carbons (Fsp3) is 0.353. The van der Waals surface area contributed by atoms with E-state index in [0.29, 0.717) is 19.4 Å². The fourth-order valence-electron chi connectivity index (χ4n) is 2.40. The molecular weight excluding hydrogens is 322 g/mol. The second kappa shape index (κ2) is 7.44. The minimum atomic E-state index is 0.0891. The number of benzene rings is 1. The van der Waals surface area contributed by atoms with Crippen LogP contribution in [0.5, 0.6) is 0 Å². The van der Waals surface area contributed by atoms with E-state index in [1.807, 2.05) is 32.2 Å². The Morgan fingerprint density at radius 3 is 3.00 bits per heavy atom. The van der Waals surface area contributed by atoms with Gasteiger partial charge in [-0.3, -0.25) is 4.79 Å². The first-order valence-corrected chi connectivity index (χ1v) is 8.77. The molecule has 24 heavy (non-hydrogen) atoms. The number of aromatic amines is 1. The molecule has 0 bridgehead atoms. The maximum Gasteiger partial charge on any atom is 0.223 e. The summed E-state index contributed by atoms with van der Waals surface area (Å²) in [6.07, 6.45) is 4.55. The summed E-state index contributed by atoms with van der Waals surface area (Å²) in [7, 11) is 1.85. The first-order valence-electron chi connectivity index (χ1n) is 7.96. The number of hydrogen-bond donors (Lipinski definition) is 2. The highest BCUT2D eigenvalue weighted by atomic mass is 32.1. The van der Waals surface area contributed by atoms with Crippen LogP contribution in [0.15, 0.2) is 36.8 Å². The van der Waals surface area contributed by atoms with Gasteiger partial charge in [-0.1, -0.05) is 23.5 Å². The van der Waals surface area contributed by atoms with E-state index >= 15 is 0 Å². The molecule has 1 amide bonds. The molecule has 1 aromatic carbocycles. The van der Waals surface area contributed by atoms with E-state index in [1.54, 1.807) is 28.8 Å². The number of hydrogen-bond acceptors (Lipinski definition) is 5. The van der Waals surface area contributed by atoms with E-state index in [9.17, 15) is 4.79 Å². The quantitative estimate of drug-likeness (QED) is 0.692. The van der Waals surface area contributed by atoms with Gasteiger partial charge in [0.15, 0.2) is 5.13 Å². The first-order chi connectivity index (χ1) is 11.6. The van der Waals surface area contributed by atoms with Gasteiger partial charge < -0.3 is 15.2 Å². The van der Waals surface area contributed by atoms with Crippen molar-refractivity contribution in [2.24, 2.45) is 0 Å². The maximum absolute atomic E-state index is 12.3. The van der Waals surface area contributed by atoms with Crippen molar-refractivity contribution >= 4 is 32.6 Å². The van der Waals surface area contributed by atoms with Crippen LogP contribution in [0.4, 0.5) is 5.13 Å². The van der Waals surface area contributed by atoms with Crippen LogP contribution in [0.1, 0.15) is 19.0 Å². The molecule has 1 atom stereocenters. The molecule has 2 aromatic heterocycles. The van der Waals surface area contributed by atoms with E-state index in [2.05, 4.69) is 26.3 Å². The molecular formula is C17H21N5OS. The normalized spacial score (nSPS) is 12.2. The number of thiazole rings is 1. The molecule has 0 aliphatic heterocycles. The maximum atomic E-state index is 12.3. The predicted octanol–water partition coefficient (Wildman–Crippen LogP) is 2.91. The van der Waals surface area contributed by atoms with Crippen LogP contribution < -0.4 is 5.32 Å². The van der Waals surface area contributed by atoms with Gasteiger partial charge in [-0.25, -0.2) is 9.97 Å². The summed E-state index contributed by atoms with van der Waals surface area (Å²) in [4.78, 5) is 25.6. The number of rotatable bonds is 7. The van der Waals surface area contributed by atoms with E-state index in [1.165, 1.54) is 0 Å². The molecule has 0 fully saturated rings. The zero-order valence-corrected chi connectivity index (χ0v) is 14.6. The second-order valence-electron chi connectivity index (χ2n) is 5.80. The summed E-state index contributed by atoms with van der Waals surface area (Å²) in [6, 6.07) is 8.16. The van der Waals surface area contributed by atoms with Crippen molar-refractivity contribution in [3.8, 4) is 0 Å². The Morgan fingerprint density at radius 1 is 1.42 bits per heavy atom. The number of carbonyl (C=O) groups excluding carboxylic acids is 1. The lowest BCUT2D eigenvalue weighted by molar-refractivity contribution is -0.131. The molecule has 3 rings (SSSR count). The second-order valence-corrected chi connectivity index (χ2v) is 6.83. The smallest absolute Gasteiger partial charge is 0.223 e. The summed E-state index contributed by atoms with van der Waals surface area (Å²) in [5.74, 6) is 0.128. The lowest BCUT2D eigenvalue weighted by Crippen LogP contribution is -2.39. The lowest BCUT2D eigenvalue weighted by Gasteiger charge is -2.25. The summed E-state index contributed by atoms with van der Waals surface area (Å²) in [5.41, 5.74) is 1.98. The van der Waals surface area contributed by atoms with Gasteiger partial charge in [0.05, 0.1) is 16.5 Å². The Hall–Kier alpha value is -2.41. The Morgan fingerprint density at radius 2 is 2.25 bits per heavy atom. The van der Waals surface area contributed by atoms with E-state index in [-0.39, 0.29) is 11.9 Å². The molecule has 1 unspecified atom stereocenters. The van der Waals surface area contributed by atoms with Crippen molar-refractivity contribution in [3.63, 3.8) is 0 Å². The van der Waals surface area contributed by atoms with Gasteiger partial charge in [0.1, 0.15) is 0 Å². The van der Waals surface area contributed by atoms with Crippen LogP contribution in [-0.2, 0) is 11.2 Å². The van der Waals surface area contributed by atoms with Crippen molar-refractivity contribution in [2.45, 2.75) is 25.8 Å². The molecule has 0 saturated carbocycles. The number of imidazole rings is 1. The molecule has 2 N–H and O–H groups in total. The Bertz CT molecular complexity index is 765. The van der Waals surface area contributed by atoms with Gasteiger partial charge in [0, 0.05) is 37.9 Å². The number of aryl methyl sites for hydroxylation is 1. The SMILES string of the molecule is CC(CNc1nc2ccccc2s1)N(C)C(=O)CCc1cnc[nH]1. The van der Waals surface area contributed by atoms with Crippen molar-refractivity contribution in [1.82, 2.24) is 19.9 Å². The number of para-hydroxylation sites is 1. The topological polar surface area (TPSA) is 73.9 Å². The van der Waals surface area contributed by atoms with Crippen molar-refractivity contribution in [3.05, 3.63) is 42.5 Å². The average molecular weight is 343 g/mol. The van der Waals surface area contributed by atoms with Gasteiger partial charge in [0.2, 0.25) is 5.91 Å². The third-order valence-electron chi connectivity index (χ3n) is 4.06. The Balaban J connectivity index is 1.49. The Kier molecular flexibility index (Phi) is 5.10. The summed E-state index contributed by atoms with van der Waals surface area (Å²) >= 11 is 1.63. The van der Waals surface area contributed by atoms with Gasteiger partial charge in [-0.2, -0.15) is 0 Å². The number of aromatic nitrogens is 3. The first kappa shape index (κ1) is 16.4. The molecule has 0 aliphatic carbocycles. The van der Waals surface area contributed by atoms with Gasteiger partial charge in [0.25, 0.3) is 0 Å². The molecule has 0 saturated heterocycles. The standard InChI is InChI=1S/C17H21N5OS/c1-12(22(2)16(23)8-7-13-10-18-11-20-13)9-19-17-21-14-5-3-4-6-15(14)24-17/h3-6,10-12H,7-9H2,1-2H3,(H,18,20)(H,19,21). The van der Waals surface area contributed by atoms with E-state index in [0.717, 1.165) is 21.0 Å². The molecule has 0 aliphatic rings. The number of fused-ring (bicyclic) bond motifs is 1. The highest BCUT2D eigenvalue weighted by Crippen LogP contribution is 2.25. The zero-order chi connectivity index (χ0) is 16.9. The van der Waals surface area contributed by atoms with Crippen LogP contribution in [0, 0.1) is 0 Å². The average Bonchev–Trinajstić information content (AvgIpc) is 3.25. The van der Waals surface area contributed by atoms with E-state index in [4.69, 9.17) is 0 Å². The van der Waals surface area contributed by atoms with Crippen molar-refractivity contribution in [1.29, 1.82) is 0 Å². The number of nitrogens with zero attached hydrogens (tertiary/aromatic N) is 3. The predicted molar refractivity (Wildman–Crippen MR) is 97.3 cm³/mol. The largest absolute Gasteiger partial charge is 0.359 e. The molecule has 2 heterocycles. The molecule has 0 spiro atoms. The van der Waals surface area contributed by atoms with Crippen LogP contribution >= 0.6 is 11.3 Å². The summed E-state index contributed by atoms with van der Waals surface area (Å²) < 4.78 is 1.16. The molecule has 3 aromatic rings. The number of nitrogens with one attached hydrogen (secondary N) is 2. The number of H-pyrrole nitrogens is 1. The monoisotopic (exact) mass is 343 g/mol.